The van der Waals surface area contributed by atoms with E-state index in [0.717, 1.165) is 69.7 Å². The summed E-state index contributed by atoms with van der Waals surface area (Å²) in [5, 5.41) is 13.4. The third kappa shape index (κ3) is 4.29. The van der Waals surface area contributed by atoms with Gasteiger partial charge < -0.3 is 4.74 Å². The van der Waals surface area contributed by atoms with Crippen LogP contribution in [-0.4, -0.2) is 48.9 Å². The Morgan fingerprint density at radius 3 is 2.88 bits per heavy atom. The maximum atomic E-state index is 6.50. The molecule has 3 aromatic heterocycles. The van der Waals surface area contributed by atoms with E-state index in [2.05, 4.69) is 60.3 Å². The summed E-state index contributed by atoms with van der Waals surface area (Å²) in [6.45, 7) is 12.4. The fourth-order valence-electron chi connectivity index (χ4n) is 5.64. The highest BCUT2D eigenvalue weighted by Gasteiger charge is 2.44. The first-order valence-corrected chi connectivity index (χ1v) is 13.1. The van der Waals surface area contributed by atoms with Crippen LogP contribution in [0, 0.1) is 13.8 Å². The van der Waals surface area contributed by atoms with Crippen LogP contribution in [0.2, 0.25) is 0 Å². The van der Waals surface area contributed by atoms with Gasteiger partial charge in [0.25, 0.3) is 0 Å². The van der Waals surface area contributed by atoms with Gasteiger partial charge in [-0.15, -0.1) is 16.4 Å². The molecular weight excluding hydrogens is 432 g/mol. The molecule has 33 heavy (non-hydrogen) atoms. The number of fused-ring (bicyclic) bond motifs is 2. The van der Waals surface area contributed by atoms with Crippen molar-refractivity contribution in [2.75, 3.05) is 13.2 Å². The van der Waals surface area contributed by atoms with Crippen LogP contribution < -0.4 is 0 Å². The molecule has 1 fully saturated rings. The second-order valence-electron chi connectivity index (χ2n) is 9.77. The molecule has 1 spiro atoms. The molecule has 7 nitrogen and oxygen atoms in total. The second-order valence-corrected chi connectivity index (χ2v) is 11.0. The highest BCUT2D eigenvalue weighted by molar-refractivity contribution is 7.12. The van der Waals surface area contributed by atoms with Gasteiger partial charge in [0.05, 0.1) is 23.6 Å². The molecule has 5 heterocycles. The van der Waals surface area contributed by atoms with Crippen LogP contribution in [0.3, 0.4) is 0 Å². The summed E-state index contributed by atoms with van der Waals surface area (Å²) < 4.78 is 10.4. The predicted molar refractivity (Wildman–Crippen MR) is 131 cm³/mol. The normalized spacial score (nSPS) is 23.4. The SMILES string of the molecule is CCc1cc2c(s1)CCO[C@@]21CCN(Cc2cn(CCc3c(C)nn(C)c3C)nn2)[C@@H](C)C1. The quantitative estimate of drug-likeness (QED) is 0.548. The van der Waals surface area contributed by atoms with Gasteiger partial charge in [-0.1, -0.05) is 12.1 Å². The minimum absolute atomic E-state index is 0.0928. The molecule has 0 unspecified atom stereocenters. The number of nitrogens with zero attached hydrogens (tertiary/aromatic N) is 6. The Bertz CT molecular complexity index is 1130. The maximum Gasteiger partial charge on any atom is 0.0969 e. The van der Waals surface area contributed by atoms with Crippen molar-refractivity contribution < 1.29 is 4.74 Å². The molecule has 0 N–H and O–H groups in total. The third-order valence-electron chi connectivity index (χ3n) is 7.66. The van der Waals surface area contributed by atoms with Gasteiger partial charge in [-0.3, -0.25) is 14.3 Å². The molecule has 0 aromatic carbocycles. The number of rotatable bonds is 6. The summed E-state index contributed by atoms with van der Waals surface area (Å²) in [4.78, 5) is 5.59. The minimum atomic E-state index is -0.0928. The first kappa shape index (κ1) is 22.7. The maximum absolute atomic E-state index is 6.50. The Labute approximate surface area is 200 Å². The van der Waals surface area contributed by atoms with Gasteiger partial charge in [0.1, 0.15) is 0 Å². The van der Waals surface area contributed by atoms with E-state index in [4.69, 9.17) is 4.74 Å². The number of hydrogen-bond donors (Lipinski definition) is 0. The molecule has 0 bridgehead atoms. The van der Waals surface area contributed by atoms with Crippen LogP contribution in [0.5, 0.6) is 0 Å². The van der Waals surface area contributed by atoms with Gasteiger partial charge in [-0.25, -0.2) is 0 Å². The number of piperidine rings is 1. The molecule has 178 valence electrons. The smallest absolute Gasteiger partial charge is 0.0969 e. The molecule has 8 heteroatoms. The monoisotopic (exact) mass is 468 g/mol. The van der Waals surface area contributed by atoms with Gasteiger partial charge in [-0.05, 0) is 63.6 Å². The summed E-state index contributed by atoms with van der Waals surface area (Å²) in [5.74, 6) is 0. The van der Waals surface area contributed by atoms with Gasteiger partial charge in [0, 0.05) is 60.8 Å². The van der Waals surface area contributed by atoms with Crippen molar-refractivity contribution in [1.29, 1.82) is 0 Å². The largest absolute Gasteiger partial charge is 0.370 e. The average Bonchev–Trinajstić information content (AvgIpc) is 3.48. The first-order chi connectivity index (χ1) is 15.9. The lowest BCUT2D eigenvalue weighted by atomic mass is 9.79. The predicted octanol–water partition coefficient (Wildman–Crippen LogP) is 3.95. The zero-order valence-electron chi connectivity index (χ0n) is 20.6. The van der Waals surface area contributed by atoms with Gasteiger partial charge in [0.2, 0.25) is 0 Å². The van der Waals surface area contributed by atoms with Crippen molar-refractivity contribution in [3.05, 3.63) is 50.2 Å². The summed E-state index contributed by atoms with van der Waals surface area (Å²) in [6, 6.07) is 2.87. The van der Waals surface area contributed by atoms with Gasteiger partial charge in [-0.2, -0.15) is 5.10 Å². The molecule has 3 aromatic rings. The number of aryl methyl sites for hydroxylation is 4. The molecular formula is C25H36N6OS. The van der Waals surface area contributed by atoms with E-state index in [9.17, 15) is 0 Å². The van der Waals surface area contributed by atoms with E-state index in [1.807, 2.05) is 27.7 Å². The van der Waals surface area contributed by atoms with Crippen LogP contribution >= 0.6 is 11.3 Å². The van der Waals surface area contributed by atoms with Crippen molar-refractivity contribution in [3.63, 3.8) is 0 Å². The van der Waals surface area contributed by atoms with E-state index in [-0.39, 0.29) is 5.60 Å². The molecule has 2 aliphatic rings. The summed E-state index contributed by atoms with van der Waals surface area (Å²) in [7, 11) is 2.00. The Balaban J connectivity index is 1.22. The zero-order chi connectivity index (χ0) is 23.2. The van der Waals surface area contributed by atoms with Crippen molar-refractivity contribution in [3.8, 4) is 0 Å². The number of ether oxygens (including phenoxy) is 1. The minimum Gasteiger partial charge on any atom is -0.370 e. The average molecular weight is 469 g/mol. The Kier molecular flexibility index (Phi) is 6.18. The molecule has 0 aliphatic carbocycles. The third-order valence-corrected chi connectivity index (χ3v) is 9.00. The summed E-state index contributed by atoms with van der Waals surface area (Å²) >= 11 is 2.00. The number of aromatic nitrogens is 5. The van der Waals surface area contributed by atoms with Crippen LogP contribution in [0.15, 0.2) is 12.3 Å². The lowest BCUT2D eigenvalue weighted by molar-refractivity contribution is -0.112. The zero-order valence-corrected chi connectivity index (χ0v) is 21.4. The van der Waals surface area contributed by atoms with E-state index in [0.29, 0.717) is 6.04 Å². The lowest BCUT2D eigenvalue weighted by Crippen LogP contribution is -2.50. The Morgan fingerprint density at radius 1 is 1.30 bits per heavy atom. The van der Waals surface area contributed by atoms with Crippen LogP contribution in [0.25, 0.3) is 0 Å². The Morgan fingerprint density at radius 2 is 2.15 bits per heavy atom. The molecule has 1 saturated heterocycles. The Hall–Kier alpha value is -2.03. The van der Waals surface area contributed by atoms with E-state index in [1.54, 1.807) is 4.88 Å². The molecule has 0 saturated carbocycles. The fourth-order valence-corrected chi connectivity index (χ4v) is 6.82. The molecule has 0 radical (unpaired) electrons. The summed E-state index contributed by atoms with van der Waals surface area (Å²) in [5.41, 5.74) is 6.09. The molecule has 2 atom stereocenters. The second kappa shape index (κ2) is 8.96. The van der Waals surface area contributed by atoms with Crippen LogP contribution in [0.1, 0.15) is 64.7 Å². The van der Waals surface area contributed by atoms with E-state index < -0.39 is 0 Å². The van der Waals surface area contributed by atoms with Crippen molar-refractivity contribution in [1.82, 2.24) is 29.7 Å². The van der Waals surface area contributed by atoms with Crippen LogP contribution in [0.4, 0.5) is 0 Å². The molecule has 2 aliphatic heterocycles. The lowest BCUT2D eigenvalue weighted by Gasteiger charge is -2.47. The highest BCUT2D eigenvalue weighted by Crippen LogP contribution is 2.46. The topological polar surface area (TPSA) is 61.0 Å². The van der Waals surface area contributed by atoms with E-state index >= 15 is 0 Å². The first-order valence-electron chi connectivity index (χ1n) is 12.3. The van der Waals surface area contributed by atoms with Crippen molar-refractivity contribution in [2.45, 2.75) is 84.5 Å². The van der Waals surface area contributed by atoms with Gasteiger partial charge >= 0.3 is 0 Å². The van der Waals surface area contributed by atoms with Gasteiger partial charge in [0.15, 0.2) is 0 Å². The summed E-state index contributed by atoms with van der Waals surface area (Å²) in [6.07, 6.45) is 7.33. The number of hydrogen-bond acceptors (Lipinski definition) is 6. The van der Waals surface area contributed by atoms with Crippen LogP contribution in [-0.2, 0) is 49.7 Å². The molecule has 0 amide bonds. The fraction of sp³-hybridized carbons (Fsp3) is 0.640. The molecule has 5 rings (SSSR count). The number of thiophene rings is 1. The van der Waals surface area contributed by atoms with E-state index in [1.165, 1.54) is 21.7 Å². The number of likely N-dealkylation sites (tertiary alicyclic amines) is 1. The van der Waals surface area contributed by atoms with Crippen molar-refractivity contribution in [2.24, 2.45) is 7.05 Å². The standard InChI is InChI=1S/C25H36N6OS/c1-6-21-13-23-24(33-21)8-12-32-25(23)9-11-30(17(2)14-25)15-20-16-31(28-26-20)10-7-22-18(3)27-29(5)19(22)4/h13,16-17H,6-12,14-15H2,1-5H3/t17-,25+/m0/s1. The van der Waals surface area contributed by atoms with Crippen molar-refractivity contribution >= 4 is 11.3 Å². The highest BCUT2D eigenvalue weighted by atomic mass is 32.1.